The SMILES string of the molecule is CCCOc1cc(CCO)ccc1F. The zero-order valence-corrected chi connectivity index (χ0v) is 8.29. The van der Waals surface area contributed by atoms with E-state index >= 15 is 0 Å². The molecule has 0 aliphatic heterocycles. The van der Waals surface area contributed by atoms with Gasteiger partial charge in [-0.15, -0.1) is 0 Å². The minimum Gasteiger partial charge on any atom is -0.491 e. The Kier molecular flexibility index (Phi) is 4.40. The van der Waals surface area contributed by atoms with Gasteiger partial charge >= 0.3 is 0 Å². The van der Waals surface area contributed by atoms with E-state index in [0.29, 0.717) is 13.0 Å². The van der Waals surface area contributed by atoms with Gasteiger partial charge in [0.05, 0.1) is 6.61 Å². The molecule has 0 heterocycles. The van der Waals surface area contributed by atoms with Crippen molar-refractivity contribution in [3.8, 4) is 5.75 Å². The Morgan fingerprint density at radius 1 is 1.43 bits per heavy atom. The Labute approximate surface area is 83.3 Å². The van der Waals surface area contributed by atoms with E-state index in [9.17, 15) is 4.39 Å². The van der Waals surface area contributed by atoms with Crippen molar-refractivity contribution >= 4 is 0 Å². The molecule has 1 aromatic rings. The number of aliphatic hydroxyl groups is 1. The van der Waals surface area contributed by atoms with Crippen molar-refractivity contribution in [2.75, 3.05) is 13.2 Å². The lowest BCUT2D eigenvalue weighted by molar-refractivity contribution is 0.294. The lowest BCUT2D eigenvalue weighted by Gasteiger charge is -2.07. The van der Waals surface area contributed by atoms with E-state index < -0.39 is 0 Å². The van der Waals surface area contributed by atoms with E-state index in [2.05, 4.69) is 0 Å². The number of hydrogen-bond donors (Lipinski definition) is 1. The third kappa shape index (κ3) is 3.00. The molecule has 1 N–H and O–H groups in total. The zero-order chi connectivity index (χ0) is 10.4. The summed E-state index contributed by atoms with van der Waals surface area (Å²) in [7, 11) is 0. The number of rotatable bonds is 5. The molecule has 0 saturated carbocycles. The van der Waals surface area contributed by atoms with Gasteiger partial charge in [-0.3, -0.25) is 0 Å². The van der Waals surface area contributed by atoms with Crippen molar-refractivity contribution in [1.29, 1.82) is 0 Å². The maximum atomic E-state index is 13.1. The number of benzene rings is 1. The average molecular weight is 198 g/mol. The molecular weight excluding hydrogens is 183 g/mol. The van der Waals surface area contributed by atoms with E-state index in [-0.39, 0.29) is 18.2 Å². The van der Waals surface area contributed by atoms with Crippen LogP contribution in [0.2, 0.25) is 0 Å². The highest BCUT2D eigenvalue weighted by Gasteiger charge is 2.03. The first-order valence-electron chi connectivity index (χ1n) is 4.80. The number of aliphatic hydroxyl groups excluding tert-OH is 1. The first-order chi connectivity index (χ1) is 6.77. The minimum atomic E-state index is -0.347. The quantitative estimate of drug-likeness (QED) is 0.785. The molecule has 3 heteroatoms. The summed E-state index contributed by atoms with van der Waals surface area (Å²) in [5.74, 6) is -0.0714. The predicted molar refractivity (Wildman–Crippen MR) is 53.0 cm³/mol. The van der Waals surface area contributed by atoms with Crippen LogP contribution in [0.1, 0.15) is 18.9 Å². The van der Waals surface area contributed by atoms with Crippen molar-refractivity contribution in [1.82, 2.24) is 0 Å². The molecule has 0 aromatic heterocycles. The topological polar surface area (TPSA) is 29.5 Å². The maximum Gasteiger partial charge on any atom is 0.165 e. The van der Waals surface area contributed by atoms with Gasteiger partial charge in [0.1, 0.15) is 0 Å². The van der Waals surface area contributed by atoms with Crippen molar-refractivity contribution in [2.45, 2.75) is 19.8 Å². The summed E-state index contributed by atoms with van der Waals surface area (Å²) in [6.45, 7) is 2.55. The van der Waals surface area contributed by atoms with Crippen LogP contribution in [0.15, 0.2) is 18.2 Å². The second-order valence-corrected chi connectivity index (χ2v) is 3.09. The summed E-state index contributed by atoms with van der Waals surface area (Å²) >= 11 is 0. The van der Waals surface area contributed by atoms with E-state index in [1.54, 1.807) is 12.1 Å². The van der Waals surface area contributed by atoms with Crippen LogP contribution in [0.4, 0.5) is 4.39 Å². The fourth-order valence-electron chi connectivity index (χ4n) is 1.16. The van der Waals surface area contributed by atoms with Gasteiger partial charge < -0.3 is 9.84 Å². The number of hydrogen-bond acceptors (Lipinski definition) is 2. The van der Waals surface area contributed by atoms with Gasteiger partial charge in [0.25, 0.3) is 0 Å². The second kappa shape index (κ2) is 5.60. The summed E-state index contributed by atoms with van der Waals surface area (Å²) in [5.41, 5.74) is 0.889. The van der Waals surface area contributed by atoms with Crippen LogP contribution in [-0.4, -0.2) is 18.3 Å². The molecule has 0 unspecified atom stereocenters. The molecule has 0 saturated heterocycles. The van der Waals surface area contributed by atoms with E-state index in [0.717, 1.165) is 12.0 Å². The van der Waals surface area contributed by atoms with Gasteiger partial charge in [-0.05, 0) is 30.5 Å². The van der Waals surface area contributed by atoms with E-state index in [1.165, 1.54) is 6.07 Å². The molecule has 2 nitrogen and oxygen atoms in total. The van der Waals surface area contributed by atoms with Gasteiger partial charge in [-0.1, -0.05) is 13.0 Å². The lowest BCUT2D eigenvalue weighted by atomic mass is 10.1. The van der Waals surface area contributed by atoms with Crippen LogP contribution < -0.4 is 4.74 Å². The van der Waals surface area contributed by atoms with Gasteiger partial charge in [0, 0.05) is 6.61 Å². The summed E-state index contributed by atoms with van der Waals surface area (Å²) in [4.78, 5) is 0. The first-order valence-corrected chi connectivity index (χ1v) is 4.80. The molecule has 0 amide bonds. The van der Waals surface area contributed by atoms with E-state index in [4.69, 9.17) is 9.84 Å². The molecule has 1 rings (SSSR count). The van der Waals surface area contributed by atoms with Crippen LogP contribution >= 0.6 is 0 Å². The van der Waals surface area contributed by atoms with Gasteiger partial charge in [-0.2, -0.15) is 0 Å². The van der Waals surface area contributed by atoms with Crippen molar-refractivity contribution in [2.24, 2.45) is 0 Å². The second-order valence-electron chi connectivity index (χ2n) is 3.09. The van der Waals surface area contributed by atoms with Gasteiger partial charge in [0.15, 0.2) is 11.6 Å². The predicted octanol–water partition coefficient (Wildman–Crippen LogP) is 2.15. The molecule has 0 fully saturated rings. The van der Waals surface area contributed by atoms with E-state index in [1.807, 2.05) is 6.92 Å². The Hall–Kier alpha value is -1.09. The smallest absolute Gasteiger partial charge is 0.165 e. The highest BCUT2D eigenvalue weighted by atomic mass is 19.1. The van der Waals surface area contributed by atoms with Crippen molar-refractivity contribution in [3.63, 3.8) is 0 Å². The van der Waals surface area contributed by atoms with Crippen LogP contribution in [0.5, 0.6) is 5.75 Å². The molecule has 0 spiro atoms. The maximum absolute atomic E-state index is 13.1. The molecule has 0 aliphatic carbocycles. The summed E-state index contributed by atoms with van der Waals surface area (Å²) < 4.78 is 18.4. The van der Waals surface area contributed by atoms with Crippen molar-refractivity contribution < 1.29 is 14.2 Å². The molecule has 78 valence electrons. The van der Waals surface area contributed by atoms with Gasteiger partial charge in [0.2, 0.25) is 0 Å². The van der Waals surface area contributed by atoms with Crippen LogP contribution in [0.3, 0.4) is 0 Å². The van der Waals surface area contributed by atoms with Crippen LogP contribution in [0.25, 0.3) is 0 Å². The zero-order valence-electron chi connectivity index (χ0n) is 8.29. The fraction of sp³-hybridized carbons (Fsp3) is 0.455. The first kappa shape index (κ1) is 11.0. The Morgan fingerprint density at radius 3 is 2.86 bits per heavy atom. The minimum absolute atomic E-state index is 0.0683. The molecule has 1 aromatic carbocycles. The molecular formula is C11H15FO2. The van der Waals surface area contributed by atoms with Crippen LogP contribution in [0, 0.1) is 5.82 Å². The summed E-state index contributed by atoms with van der Waals surface area (Å²) in [5, 5.41) is 8.72. The Morgan fingerprint density at radius 2 is 2.21 bits per heavy atom. The van der Waals surface area contributed by atoms with Gasteiger partial charge in [-0.25, -0.2) is 4.39 Å². The van der Waals surface area contributed by atoms with Crippen LogP contribution in [-0.2, 0) is 6.42 Å². The molecule has 14 heavy (non-hydrogen) atoms. The summed E-state index contributed by atoms with van der Waals surface area (Å²) in [6.07, 6.45) is 1.38. The third-order valence-electron chi connectivity index (χ3n) is 1.86. The monoisotopic (exact) mass is 198 g/mol. The molecule has 0 bridgehead atoms. The number of halogens is 1. The van der Waals surface area contributed by atoms with Crippen molar-refractivity contribution in [3.05, 3.63) is 29.6 Å². The normalized spacial score (nSPS) is 10.2. The molecule has 0 radical (unpaired) electrons. The standard InChI is InChI=1S/C11H15FO2/c1-2-7-14-11-8-9(5-6-13)3-4-10(11)12/h3-4,8,13H,2,5-7H2,1H3. The molecule has 0 atom stereocenters. The highest BCUT2D eigenvalue weighted by Crippen LogP contribution is 2.19. The Balaban J connectivity index is 2.74. The lowest BCUT2D eigenvalue weighted by Crippen LogP contribution is -1.99. The molecule has 0 aliphatic rings. The highest BCUT2D eigenvalue weighted by molar-refractivity contribution is 5.30. The summed E-state index contributed by atoms with van der Waals surface area (Å²) in [6, 6.07) is 4.67. The fourth-order valence-corrected chi connectivity index (χ4v) is 1.16. The Bertz CT molecular complexity index is 287. The average Bonchev–Trinajstić information content (AvgIpc) is 2.19. The number of ether oxygens (including phenoxy) is 1. The third-order valence-corrected chi connectivity index (χ3v) is 1.86. The largest absolute Gasteiger partial charge is 0.491 e.